The maximum atomic E-state index is 5.32. The molecule has 315 valence electrons. The Hall–Kier alpha value is -5.75. The largest absolute Gasteiger partial charge is 0.333 e. The van der Waals surface area contributed by atoms with Gasteiger partial charge in [-0.05, 0) is 84.4 Å². The second-order valence-electron chi connectivity index (χ2n) is 17.7. The van der Waals surface area contributed by atoms with Crippen molar-refractivity contribution in [1.29, 1.82) is 0 Å². The average Bonchev–Trinajstić information content (AvgIpc) is 3.88. The summed E-state index contributed by atoms with van der Waals surface area (Å²) in [4.78, 5) is 9.84. The minimum absolute atomic E-state index is 0. The average molecular weight is 1030 g/mol. The molecule has 1 radical (unpaired) electrons. The van der Waals surface area contributed by atoms with Crippen LogP contribution >= 0.6 is 11.3 Å². The molecule has 10 rings (SSSR count). The minimum atomic E-state index is -1.23. The Bertz CT molecular complexity index is 3120. The molecule has 3 heterocycles. The molecular formula is C57H51IrN3SSi-2. The predicted molar refractivity (Wildman–Crippen MR) is 269 cm³/mol. The molecular weight excluding hydrogens is 979 g/mol. The van der Waals surface area contributed by atoms with Gasteiger partial charge in [-0.25, -0.2) is 0 Å². The van der Waals surface area contributed by atoms with Crippen LogP contribution in [0.1, 0.15) is 50.7 Å². The van der Waals surface area contributed by atoms with Gasteiger partial charge in [0.25, 0.3) is 0 Å². The Morgan fingerprint density at radius 1 is 0.587 bits per heavy atom. The number of nitrogens with zero attached hydrogens (tertiary/aromatic N) is 3. The number of pyridine rings is 1. The van der Waals surface area contributed by atoms with Crippen LogP contribution in [-0.4, -0.2) is 22.6 Å². The standard InChI is InChI=1S/C43H35N2S.C14H16NSi.Ir/c1-27(2)33-14-10-15-34(28(3)4)41(33)45-39-19-9-8-18-38(39)44-43(45)37-17-11-16-36-35-25-24-32(26-40(35)46-42(36)37)31-22-20-30(21-23-31)29-12-6-5-7-13-29;1-16(2,3)13-9-10-14(15-11-13)12-7-5-4-6-8-12;/h5-16,18-28H,1-4H3;4-7,9-11H,1-3H3;/q2*-1;. The van der Waals surface area contributed by atoms with Crippen LogP contribution in [0.5, 0.6) is 0 Å². The zero-order valence-corrected chi connectivity index (χ0v) is 41.1. The van der Waals surface area contributed by atoms with E-state index in [1.807, 2.05) is 41.8 Å². The number of hydrogen-bond acceptors (Lipinski definition) is 3. The molecule has 0 aliphatic carbocycles. The summed E-state index contributed by atoms with van der Waals surface area (Å²) in [5.74, 6) is 1.68. The molecule has 7 aromatic carbocycles. The molecule has 0 saturated carbocycles. The number of benzene rings is 7. The van der Waals surface area contributed by atoms with Crippen molar-refractivity contribution < 1.29 is 20.1 Å². The molecule has 3 aromatic heterocycles. The maximum Gasteiger partial charge on any atom is 0.0795 e. The quantitative estimate of drug-likeness (QED) is 0.112. The topological polar surface area (TPSA) is 30.7 Å². The molecule has 10 aromatic rings. The van der Waals surface area contributed by atoms with Crippen molar-refractivity contribution in [3.8, 4) is 50.6 Å². The Morgan fingerprint density at radius 3 is 1.89 bits per heavy atom. The van der Waals surface area contributed by atoms with Gasteiger partial charge in [0.15, 0.2) is 0 Å². The summed E-state index contributed by atoms with van der Waals surface area (Å²) in [5.41, 5.74) is 14.1. The number of thiophene rings is 1. The number of aromatic nitrogens is 3. The third-order valence-electron chi connectivity index (χ3n) is 11.7. The van der Waals surface area contributed by atoms with Gasteiger partial charge in [0.2, 0.25) is 0 Å². The van der Waals surface area contributed by atoms with Gasteiger partial charge in [-0.1, -0.05) is 167 Å². The van der Waals surface area contributed by atoms with E-state index < -0.39 is 8.07 Å². The minimum Gasteiger partial charge on any atom is -0.333 e. The molecule has 0 bridgehead atoms. The van der Waals surface area contributed by atoms with Crippen LogP contribution in [0.3, 0.4) is 0 Å². The van der Waals surface area contributed by atoms with Gasteiger partial charge in [0, 0.05) is 36.7 Å². The van der Waals surface area contributed by atoms with E-state index in [0.717, 1.165) is 33.7 Å². The first-order valence-electron chi connectivity index (χ1n) is 21.6. The van der Waals surface area contributed by atoms with Gasteiger partial charge in [-0.3, -0.25) is 4.98 Å². The molecule has 6 heteroatoms. The first kappa shape index (κ1) is 43.9. The zero-order chi connectivity index (χ0) is 43.0. The van der Waals surface area contributed by atoms with E-state index in [0.29, 0.717) is 11.8 Å². The van der Waals surface area contributed by atoms with Crippen molar-refractivity contribution in [2.45, 2.75) is 59.2 Å². The van der Waals surface area contributed by atoms with Crippen molar-refractivity contribution in [3.63, 3.8) is 0 Å². The summed E-state index contributed by atoms with van der Waals surface area (Å²) in [6, 6.07) is 65.0. The van der Waals surface area contributed by atoms with Crippen LogP contribution in [0.15, 0.2) is 170 Å². The summed E-state index contributed by atoms with van der Waals surface area (Å²) in [5, 5.41) is 3.92. The fourth-order valence-corrected chi connectivity index (χ4v) is 10.6. The third-order valence-corrected chi connectivity index (χ3v) is 14.9. The van der Waals surface area contributed by atoms with Gasteiger partial charge < -0.3 is 9.55 Å². The van der Waals surface area contributed by atoms with Crippen LogP contribution in [0.25, 0.3) is 81.8 Å². The molecule has 0 aliphatic heterocycles. The van der Waals surface area contributed by atoms with Gasteiger partial charge in [-0.2, -0.15) is 11.3 Å². The molecule has 0 amide bonds. The van der Waals surface area contributed by atoms with Gasteiger partial charge >= 0.3 is 0 Å². The molecule has 63 heavy (non-hydrogen) atoms. The number of fused-ring (bicyclic) bond motifs is 4. The van der Waals surface area contributed by atoms with E-state index in [4.69, 9.17) is 4.98 Å². The van der Waals surface area contributed by atoms with Crippen molar-refractivity contribution in [2.75, 3.05) is 0 Å². The molecule has 0 aliphatic rings. The molecule has 0 fully saturated rings. The molecule has 0 unspecified atom stereocenters. The smallest absolute Gasteiger partial charge is 0.0795 e. The fourth-order valence-electron chi connectivity index (χ4n) is 8.31. The maximum absolute atomic E-state index is 5.32. The number of hydrogen-bond donors (Lipinski definition) is 0. The van der Waals surface area contributed by atoms with Crippen molar-refractivity contribution in [1.82, 2.24) is 14.5 Å². The second kappa shape index (κ2) is 18.5. The van der Waals surface area contributed by atoms with Crippen LogP contribution in [0.2, 0.25) is 19.6 Å². The van der Waals surface area contributed by atoms with E-state index in [1.165, 1.54) is 64.4 Å². The molecule has 0 N–H and O–H groups in total. The monoisotopic (exact) mass is 1030 g/mol. The molecule has 3 nitrogen and oxygen atoms in total. The third kappa shape index (κ3) is 8.92. The number of para-hydroxylation sites is 3. The fraction of sp³-hybridized carbons (Fsp3) is 0.158. The van der Waals surface area contributed by atoms with E-state index in [-0.39, 0.29) is 20.1 Å². The SMILES string of the molecule is CC(C)c1cccc(C(C)C)c1-n1c(-c2[c-]ccc3c2sc2cc(-c4ccc(-c5ccccc5)cc4)ccc23)nc2ccccc21.C[Si](C)(C)c1ccc(-c2[c-]cccc2)nc1.[Ir]. The van der Waals surface area contributed by atoms with E-state index in [9.17, 15) is 0 Å². The Kier molecular flexibility index (Phi) is 12.9. The first-order chi connectivity index (χ1) is 30.0. The van der Waals surface area contributed by atoms with E-state index in [1.54, 1.807) is 0 Å². The van der Waals surface area contributed by atoms with Crippen LogP contribution in [-0.2, 0) is 20.1 Å². The molecule has 0 spiro atoms. The Morgan fingerprint density at radius 2 is 1.24 bits per heavy atom. The predicted octanol–water partition coefficient (Wildman–Crippen LogP) is 15.5. The van der Waals surface area contributed by atoms with E-state index >= 15 is 0 Å². The van der Waals surface area contributed by atoms with Crippen LogP contribution in [0.4, 0.5) is 0 Å². The van der Waals surface area contributed by atoms with Gasteiger partial charge in [0.1, 0.15) is 0 Å². The summed E-state index contributed by atoms with van der Waals surface area (Å²) in [7, 11) is -1.23. The van der Waals surface area contributed by atoms with Gasteiger partial charge in [0.05, 0.1) is 24.9 Å². The summed E-state index contributed by atoms with van der Waals surface area (Å²) in [6.07, 6.45) is 2.02. The van der Waals surface area contributed by atoms with Gasteiger partial charge in [-0.15, -0.1) is 54.1 Å². The van der Waals surface area contributed by atoms with Crippen molar-refractivity contribution >= 4 is 55.8 Å². The van der Waals surface area contributed by atoms with Crippen molar-refractivity contribution in [2.24, 2.45) is 0 Å². The normalized spacial score (nSPS) is 11.6. The summed E-state index contributed by atoms with van der Waals surface area (Å²) in [6.45, 7) is 16.1. The second-order valence-corrected chi connectivity index (χ2v) is 23.8. The molecule has 0 atom stereocenters. The summed E-state index contributed by atoms with van der Waals surface area (Å²) < 4.78 is 4.91. The Balaban J connectivity index is 0.000000271. The van der Waals surface area contributed by atoms with Crippen LogP contribution in [0, 0.1) is 12.1 Å². The first-order valence-corrected chi connectivity index (χ1v) is 25.9. The summed E-state index contributed by atoms with van der Waals surface area (Å²) >= 11 is 1.84. The van der Waals surface area contributed by atoms with Crippen molar-refractivity contribution in [3.05, 3.63) is 193 Å². The number of rotatable bonds is 8. The van der Waals surface area contributed by atoms with E-state index in [2.05, 4.69) is 209 Å². The Labute approximate surface area is 390 Å². The molecule has 0 saturated heterocycles. The number of imidazole rings is 1. The van der Waals surface area contributed by atoms with Crippen LogP contribution < -0.4 is 5.19 Å². The zero-order valence-electron chi connectivity index (χ0n) is 36.9.